The maximum atomic E-state index is 12.3. The Morgan fingerprint density at radius 3 is 2.16 bits per heavy atom. The first-order valence-electron chi connectivity index (χ1n) is 10.0. The van der Waals surface area contributed by atoms with Crippen LogP contribution >= 0.6 is 0 Å². The maximum absolute atomic E-state index is 12.3. The van der Waals surface area contributed by atoms with Crippen LogP contribution in [-0.2, 0) is 4.84 Å². The molecule has 25 heavy (non-hydrogen) atoms. The fourth-order valence-corrected chi connectivity index (χ4v) is 3.24. The number of benzene rings is 1. The summed E-state index contributed by atoms with van der Waals surface area (Å²) in [5.41, 5.74) is 4.07. The van der Waals surface area contributed by atoms with Gasteiger partial charge in [0.05, 0.1) is 0 Å². The highest BCUT2D eigenvalue weighted by atomic mass is 16.7. The standard InChI is InChI=1S/C22H33NO2/c1-2-3-4-5-6-7-8-9-10-14-17-20-18-21(23-25-20)22(24)19-15-12-11-13-16-19/h11-13,15-16,18,20,23H,2-10,14,17H2,1H3. The first-order chi connectivity index (χ1) is 12.3. The lowest BCUT2D eigenvalue weighted by atomic mass is 10.0. The SMILES string of the molecule is CCCCCCCCCCCCC1C=C(C(=O)c2ccccc2)NO1. The zero-order valence-corrected chi connectivity index (χ0v) is 15.6. The Morgan fingerprint density at radius 1 is 0.920 bits per heavy atom. The van der Waals surface area contributed by atoms with Gasteiger partial charge in [0.2, 0.25) is 5.78 Å². The van der Waals surface area contributed by atoms with Gasteiger partial charge in [0.25, 0.3) is 0 Å². The molecule has 1 heterocycles. The largest absolute Gasteiger partial charge is 0.287 e. The highest BCUT2D eigenvalue weighted by Gasteiger charge is 2.21. The Hall–Kier alpha value is -1.61. The molecule has 3 nitrogen and oxygen atoms in total. The number of Topliss-reactive ketones (excluding diaryl/α,β-unsaturated/α-hetero) is 1. The summed E-state index contributed by atoms with van der Waals surface area (Å²) >= 11 is 0. The Bertz CT molecular complexity index is 524. The molecular weight excluding hydrogens is 310 g/mol. The van der Waals surface area contributed by atoms with Crippen molar-refractivity contribution in [2.24, 2.45) is 0 Å². The molecular formula is C22H33NO2. The van der Waals surface area contributed by atoms with Crippen molar-refractivity contribution in [2.75, 3.05) is 0 Å². The van der Waals surface area contributed by atoms with Gasteiger partial charge >= 0.3 is 0 Å². The lowest BCUT2D eigenvalue weighted by Gasteiger charge is -2.07. The van der Waals surface area contributed by atoms with Crippen LogP contribution in [-0.4, -0.2) is 11.9 Å². The van der Waals surface area contributed by atoms with Crippen molar-refractivity contribution in [2.45, 2.75) is 83.7 Å². The van der Waals surface area contributed by atoms with Crippen LogP contribution in [0.15, 0.2) is 42.1 Å². The van der Waals surface area contributed by atoms with Crippen molar-refractivity contribution in [1.82, 2.24) is 5.48 Å². The van der Waals surface area contributed by atoms with Gasteiger partial charge in [0.15, 0.2) is 0 Å². The number of unbranched alkanes of at least 4 members (excludes halogenated alkanes) is 9. The first-order valence-corrected chi connectivity index (χ1v) is 10.0. The van der Waals surface area contributed by atoms with Gasteiger partial charge in [-0.15, -0.1) is 0 Å². The second kappa shape index (κ2) is 11.9. The van der Waals surface area contributed by atoms with E-state index in [-0.39, 0.29) is 11.9 Å². The van der Waals surface area contributed by atoms with Gasteiger partial charge in [-0.1, -0.05) is 101 Å². The zero-order valence-electron chi connectivity index (χ0n) is 15.6. The van der Waals surface area contributed by atoms with Crippen LogP contribution in [0.4, 0.5) is 0 Å². The predicted molar refractivity (Wildman–Crippen MR) is 103 cm³/mol. The number of allylic oxidation sites excluding steroid dienone is 1. The molecule has 1 aliphatic heterocycles. The molecule has 138 valence electrons. The van der Waals surface area contributed by atoms with Crippen molar-refractivity contribution in [3.8, 4) is 0 Å². The lowest BCUT2D eigenvalue weighted by molar-refractivity contribution is 0.0356. The molecule has 2 rings (SSSR count). The molecule has 0 aromatic heterocycles. The van der Waals surface area contributed by atoms with Gasteiger partial charge in [-0.25, -0.2) is 0 Å². The molecule has 1 unspecified atom stereocenters. The number of hydroxylamine groups is 1. The molecule has 0 bridgehead atoms. The maximum Gasteiger partial charge on any atom is 0.210 e. The second-order valence-electron chi connectivity index (χ2n) is 7.00. The van der Waals surface area contributed by atoms with E-state index in [4.69, 9.17) is 4.84 Å². The Labute approximate surface area is 152 Å². The fourth-order valence-electron chi connectivity index (χ4n) is 3.24. The van der Waals surface area contributed by atoms with Crippen LogP contribution in [0.1, 0.15) is 87.9 Å². The van der Waals surface area contributed by atoms with Gasteiger partial charge in [-0.3, -0.25) is 15.1 Å². The van der Waals surface area contributed by atoms with Crippen molar-refractivity contribution in [3.63, 3.8) is 0 Å². The molecule has 0 radical (unpaired) electrons. The van der Waals surface area contributed by atoms with Crippen LogP contribution in [0.5, 0.6) is 0 Å². The molecule has 1 N–H and O–H groups in total. The lowest BCUT2D eigenvalue weighted by Crippen LogP contribution is -2.17. The number of carbonyl (C=O) groups is 1. The van der Waals surface area contributed by atoms with Gasteiger partial charge in [-0.05, 0) is 12.5 Å². The van der Waals surface area contributed by atoms with Crippen molar-refractivity contribution < 1.29 is 9.63 Å². The molecule has 0 aliphatic carbocycles. The third-order valence-corrected chi connectivity index (χ3v) is 4.80. The van der Waals surface area contributed by atoms with E-state index < -0.39 is 0 Å². The minimum absolute atomic E-state index is 0.00572. The number of hydrogen-bond donors (Lipinski definition) is 1. The normalized spacial score (nSPS) is 16.5. The van der Waals surface area contributed by atoms with Crippen molar-refractivity contribution in [3.05, 3.63) is 47.7 Å². The van der Waals surface area contributed by atoms with E-state index >= 15 is 0 Å². The molecule has 1 aromatic carbocycles. The second-order valence-corrected chi connectivity index (χ2v) is 7.00. The van der Waals surface area contributed by atoms with E-state index in [2.05, 4.69) is 12.4 Å². The smallest absolute Gasteiger partial charge is 0.210 e. The van der Waals surface area contributed by atoms with Crippen LogP contribution in [0.25, 0.3) is 0 Å². The van der Waals surface area contributed by atoms with Crippen molar-refractivity contribution >= 4 is 5.78 Å². The molecule has 0 amide bonds. The van der Waals surface area contributed by atoms with Crippen LogP contribution < -0.4 is 5.48 Å². The third kappa shape index (κ3) is 7.43. The molecule has 1 aromatic rings. The van der Waals surface area contributed by atoms with E-state index in [0.717, 1.165) is 12.8 Å². The zero-order chi connectivity index (χ0) is 17.7. The molecule has 0 saturated heterocycles. The monoisotopic (exact) mass is 343 g/mol. The Balaban J connectivity index is 1.54. The molecule has 0 fully saturated rings. The van der Waals surface area contributed by atoms with Gasteiger partial charge in [-0.2, -0.15) is 0 Å². The average Bonchev–Trinajstić information content (AvgIpc) is 3.12. The van der Waals surface area contributed by atoms with E-state index in [9.17, 15) is 4.79 Å². The average molecular weight is 344 g/mol. The van der Waals surface area contributed by atoms with Crippen molar-refractivity contribution in [1.29, 1.82) is 0 Å². The molecule has 1 atom stereocenters. The van der Waals surface area contributed by atoms with E-state index in [0.29, 0.717) is 11.3 Å². The first kappa shape index (κ1) is 19.7. The van der Waals surface area contributed by atoms with Crippen LogP contribution in [0.2, 0.25) is 0 Å². The third-order valence-electron chi connectivity index (χ3n) is 4.80. The van der Waals surface area contributed by atoms with Gasteiger partial charge < -0.3 is 0 Å². The summed E-state index contributed by atoms with van der Waals surface area (Å²) in [6, 6.07) is 9.34. The number of nitrogens with one attached hydrogen (secondary N) is 1. The number of carbonyl (C=O) groups excluding carboxylic acids is 1. The summed E-state index contributed by atoms with van der Waals surface area (Å²) in [5.74, 6) is 0.00572. The molecule has 1 aliphatic rings. The van der Waals surface area contributed by atoms with E-state index in [1.165, 1.54) is 57.8 Å². The summed E-state index contributed by atoms with van der Waals surface area (Å²) in [4.78, 5) is 17.9. The number of ketones is 1. The summed E-state index contributed by atoms with van der Waals surface area (Å²) in [6.45, 7) is 2.26. The number of rotatable bonds is 13. The summed E-state index contributed by atoms with van der Waals surface area (Å²) in [6.07, 6.45) is 16.3. The highest BCUT2D eigenvalue weighted by molar-refractivity contribution is 6.08. The fraction of sp³-hybridized carbons (Fsp3) is 0.591. The Kier molecular flexibility index (Phi) is 9.35. The van der Waals surface area contributed by atoms with E-state index in [1.54, 1.807) is 0 Å². The quantitative estimate of drug-likeness (QED) is 0.354. The topological polar surface area (TPSA) is 38.3 Å². The molecule has 0 spiro atoms. The summed E-state index contributed by atoms with van der Waals surface area (Å²) in [5, 5.41) is 0. The predicted octanol–water partition coefficient (Wildman–Crippen LogP) is 5.97. The van der Waals surface area contributed by atoms with Gasteiger partial charge in [0, 0.05) is 5.56 Å². The minimum Gasteiger partial charge on any atom is -0.287 e. The summed E-state index contributed by atoms with van der Waals surface area (Å²) < 4.78 is 0. The number of hydrogen-bond acceptors (Lipinski definition) is 3. The highest BCUT2D eigenvalue weighted by Crippen LogP contribution is 2.18. The minimum atomic E-state index is 0.00572. The summed E-state index contributed by atoms with van der Waals surface area (Å²) in [7, 11) is 0. The Morgan fingerprint density at radius 2 is 1.52 bits per heavy atom. The van der Waals surface area contributed by atoms with Crippen LogP contribution in [0, 0.1) is 0 Å². The van der Waals surface area contributed by atoms with Crippen LogP contribution in [0.3, 0.4) is 0 Å². The molecule has 0 saturated carbocycles. The van der Waals surface area contributed by atoms with Gasteiger partial charge in [0.1, 0.15) is 11.8 Å². The molecule has 3 heteroatoms. The van der Waals surface area contributed by atoms with E-state index in [1.807, 2.05) is 36.4 Å².